The monoisotopic (exact) mass is 376 g/mol. The van der Waals surface area contributed by atoms with Crippen molar-refractivity contribution < 1.29 is 31.7 Å². The Morgan fingerprint density at radius 3 is 1.84 bits per heavy atom. The molecule has 0 heterocycles. The molecule has 0 aromatic carbocycles. The second kappa shape index (κ2) is 5.94. The Kier molecular flexibility index (Phi) is 4.79. The summed E-state index contributed by atoms with van der Waals surface area (Å²) in [6.07, 6.45) is 1.87. The van der Waals surface area contributed by atoms with Gasteiger partial charge in [-0.2, -0.15) is 8.42 Å². The van der Waals surface area contributed by atoms with Crippen LogP contribution >= 0.6 is 0 Å². The summed E-state index contributed by atoms with van der Waals surface area (Å²) in [5, 5.41) is 0. The van der Waals surface area contributed by atoms with Crippen molar-refractivity contribution in [1.82, 2.24) is 0 Å². The molecule has 2 aliphatic rings. The molecule has 0 amide bonds. The average Bonchev–Trinajstić information content (AvgIpc) is 2.76. The minimum Gasteiger partial charge on any atom is -0.460 e. The van der Waals surface area contributed by atoms with Crippen LogP contribution in [-0.4, -0.2) is 43.4 Å². The zero-order valence-corrected chi connectivity index (χ0v) is 16.7. The molecule has 2 rings (SSSR count). The fraction of sp³-hybridized carbons (Fsp3) is 0.882. The van der Waals surface area contributed by atoms with Crippen molar-refractivity contribution in [3.8, 4) is 0 Å². The zero-order valence-electron chi connectivity index (χ0n) is 15.9. The van der Waals surface area contributed by atoms with Gasteiger partial charge in [-0.15, -0.1) is 0 Å². The molecule has 0 bridgehead atoms. The van der Waals surface area contributed by atoms with Crippen molar-refractivity contribution >= 4 is 22.1 Å². The van der Waals surface area contributed by atoms with Crippen molar-refractivity contribution in [3.05, 3.63) is 0 Å². The molecule has 4 unspecified atom stereocenters. The van der Waals surface area contributed by atoms with Gasteiger partial charge in [-0.25, -0.2) is 0 Å². The molecule has 2 aliphatic carbocycles. The minimum absolute atomic E-state index is 0.352. The van der Waals surface area contributed by atoms with Crippen LogP contribution < -0.4 is 0 Å². The van der Waals surface area contributed by atoms with Gasteiger partial charge in [0.1, 0.15) is 16.8 Å². The lowest BCUT2D eigenvalue weighted by molar-refractivity contribution is -0.166. The number of hydrogen-bond donors (Lipinski definition) is 0. The summed E-state index contributed by atoms with van der Waals surface area (Å²) < 4.78 is 39.7. The van der Waals surface area contributed by atoms with Gasteiger partial charge >= 0.3 is 11.9 Å². The summed E-state index contributed by atoms with van der Waals surface area (Å²) in [7, 11) is -3.86. The molecule has 0 aromatic heterocycles. The van der Waals surface area contributed by atoms with Crippen molar-refractivity contribution in [1.29, 1.82) is 0 Å². The third-order valence-electron chi connectivity index (χ3n) is 4.32. The van der Waals surface area contributed by atoms with Crippen LogP contribution in [-0.2, 0) is 33.4 Å². The Labute approximate surface area is 149 Å². The number of rotatable bonds is 4. The second-order valence-corrected chi connectivity index (χ2v) is 10.5. The lowest BCUT2D eigenvalue weighted by Crippen LogP contribution is -2.40. The van der Waals surface area contributed by atoms with Crippen LogP contribution in [0, 0.1) is 17.8 Å². The lowest BCUT2D eigenvalue weighted by Gasteiger charge is -2.28. The van der Waals surface area contributed by atoms with E-state index in [1.807, 2.05) is 0 Å². The van der Waals surface area contributed by atoms with E-state index in [2.05, 4.69) is 0 Å². The molecule has 0 N–H and O–H groups in total. The van der Waals surface area contributed by atoms with Gasteiger partial charge in [-0.3, -0.25) is 13.8 Å². The first-order chi connectivity index (χ1) is 11.1. The first kappa shape index (κ1) is 20.2. The van der Waals surface area contributed by atoms with Crippen LogP contribution in [0.15, 0.2) is 0 Å². The number of hydrogen-bond acceptors (Lipinski definition) is 7. The van der Waals surface area contributed by atoms with E-state index in [1.54, 1.807) is 41.5 Å². The number of carbonyl (C=O) groups is 2. The Hall–Kier alpha value is -1.15. The molecule has 144 valence electrons. The average molecular weight is 376 g/mol. The topological polar surface area (TPSA) is 96.0 Å². The van der Waals surface area contributed by atoms with Crippen molar-refractivity contribution in [3.63, 3.8) is 0 Å². The highest BCUT2D eigenvalue weighted by Gasteiger charge is 2.79. The third-order valence-corrected chi connectivity index (χ3v) is 4.91. The van der Waals surface area contributed by atoms with Crippen LogP contribution in [0.2, 0.25) is 0 Å². The summed E-state index contributed by atoms with van der Waals surface area (Å²) in [6, 6.07) is 0. The van der Waals surface area contributed by atoms with E-state index in [1.165, 1.54) is 0 Å². The first-order valence-corrected chi connectivity index (χ1v) is 10.2. The quantitative estimate of drug-likeness (QED) is 0.547. The Balaban J connectivity index is 2.31. The van der Waals surface area contributed by atoms with Gasteiger partial charge in [0.05, 0.1) is 18.1 Å². The van der Waals surface area contributed by atoms with Crippen molar-refractivity contribution in [2.45, 2.75) is 71.2 Å². The van der Waals surface area contributed by atoms with Gasteiger partial charge in [0, 0.05) is 5.92 Å². The normalized spacial score (nSPS) is 32.0. The first-order valence-electron chi connectivity index (χ1n) is 8.43. The Bertz CT molecular complexity index is 668. The smallest absolute Gasteiger partial charge is 0.312 e. The van der Waals surface area contributed by atoms with Gasteiger partial charge in [-0.1, -0.05) is 0 Å². The summed E-state index contributed by atoms with van der Waals surface area (Å²) in [4.78, 5) is 25.1. The van der Waals surface area contributed by atoms with E-state index < -0.39 is 50.7 Å². The van der Waals surface area contributed by atoms with Gasteiger partial charge in [0.15, 0.2) is 0 Å². The van der Waals surface area contributed by atoms with E-state index in [-0.39, 0.29) is 5.92 Å². The minimum atomic E-state index is -3.86. The largest absolute Gasteiger partial charge is 0.460 e. The maximum absolute atomic E-state index is 12.6. The van der Waals surface area contributed by atoms with E-state index in [0.29, 0.717) is 12.8 Å². The maximum atomic E-state index is 12.6. The predicted octanol–water partition coefficient (Wildman–Crippen LogP) is 2.04. The van der Waals surface area contributed by atoms with Gasteiger partial charge in [0.2, 0.25) is 0 Å². The molecular weight excluding hydrogens is 348 g/mol. The Morgan fingerprint density at radius 2 is 1.40 bits per heavy atom. The zero-order chi connectivity index (χ0) is 19.4. The molecule has 0 aromatic rings. The van der Waals surface area contributed by atoms with Crippen LogP contribution in [0.25, 0.3) is 0 Å². The van der Waals surface area contributed by atoms with Crippen molar-refractivity contribution in [2.75, 3.05) is 6.26 Å². The highest BCUT2D eigenvalue weighted by Crippen LogP contribution is 2.67. The summed E-state index contributed by atoms with van der Waals surface area (Å²) in [5.74, 6) is -3.00. The lowest BCUT2D eigenvalue weighted by atomic mass is 9.96. The summed E-state index contributed by atoms with van der Waals surface area (Å²) in [6.45, 7) is 10.4. The molecule has 25 heavy (non-hydrogen) atoms. The molecular formula is C17H28O7S. The highest BCUT2D eigenvalue weighted by atomic mass is 32.2. The molecule has 4 atom stereocenters. The maximum Gasteiger partial charge on any atom is 0.312 e. The van der Waals surface area contributed by atoms with E-state index in [4.69, 9.17) is 13.7 Å². The van der Waals surface area contributed by atoms with E-state index in [9.17, 15) is 18.0 Å². The molecule has 0 spiro atoms. The van der Waals surface area contributed by atoms with Gasteiger partial charge < -0.3 is 9.47 Å². The van der Waals surface area contributed by atoms with Gasteiger partial charge in [-0.05, 0) is 54.4 Å². The molecule has 0 radical (unpaired) electrons. The molecule has 2 fully saturated rings. The van der Waals surface area contributed by atoms with Crippen LogP contribution in [0.4, 0.5) is 0 Å². The summed E-state index contributed by atoms with van der Waals surface area (Å²) >= 11 is 0. The highest BCUT2D eigenvalue weighted by molar-refractivity contribution is 7.86. The number of carbonyl (C=O) groups excluding carboxylic acids is 2. The molecule has 8 heteroatoms. The number of ether oxygens (including phenoxy) is 2. The molecule has 0 saturated heterocycles. The van der Waals surface area contributed by atoms with E-state index >= 15 is 0 Å². The fourth-order valence-electron chi connectivity index (χ4n) is 3.72. The molecule has 2 saturated carbocycles. The fourth-order valence-corrected chi connectivity index (χ4v) is 4.59. The van der Waals surface area contributed by atoms with E-state index in [0.717, 1.165) is 6.26 Å². The molecule has 7 nitrogen and oxygen atoms in total. The van der Waals surface area contributed by atoms with Crippen LogP contribution in [0.5, 0.6) is 0 Å². The Morgan fingerprint density at radius 1 is 0.920 bits per heavy atom. The third kappa shape index (κ3) is 4.34. The van der Waals surface area contributed by atoms with Crippen molar-refractivity contribution in [2.24, 2.45) is 17.8 Å². The molecule has 0 aliphatic heterocycles. The van der Waals surface area contributed by atoms with Crippen LogP contribution in [0.3, 0.4) is 0 Å². The standard InChI is InChI=1S/C17H28O7S/c1-15(2,3)22-13(18)11-9-8-10-12(14(19)23-16(4,5)6)17(10,11)24-25(7,20)21/h10-12H,8-9H2,1-7H3. The SMILES string of the molecule is CC(C)(C)OC(=O)C1CCC2C(C(=O)OC(C)(C)C)C12OS(C)(=O)=O. The second-order valence-electron chi connectivity index (χ2n) is 8.92. The van der Waals surface area contributed by atoms with Crippen LogP contribution in [0.1, 0.15) is 54.4 Å². The number of fused-ring (bicyclic) bond motifs is 1. The number of esters is 2. The van der Waals surface area contributed by atoms with Gasteiger partial charge in [0.25, 0.3) is 10.1 Å². The summed E-state index contributed by atoms with van der Waals surface area (Å²) in [5.41, 5.74) is -2.79. The predicted molar refractivity (Wildman–Crippen MR) is 90.1 cm³/mol.